The van der Waals surface area contributed by atoms with E-state index in [2.05, 4.69) is 4.98 Å². The van der Waals surface area contributed by atoms with Crippen molar-refractivity contribution >= 4 is 22.8 Å². The van der Waals surface area contributed by atoms with Gasteiger partial charge < -0.3 is 9.67 Å². The van der Waals surface area contributed by atoms with Crippen LogP contribution in [0.3, 0.4) is 0 Å². The number of fused-ring (bicyclic) bond motifs is 1. The summed E-state index contributed by atoms with van der Waals surface area (Å²) in [4.78, 5) is 28.4. The molecule has 3 rings (SSSR count). The molecule has 8 heteroatoms. The van der Waals surface area contributed by atoms with Gasteiger partial charge in [0.1, 0.15) is 0 Å². The number of rotatable bonds is 3. The number of hydrogen-bond donors (Lipinski definition) is 1. The van der Waals surface area contributed by atoms with E-state index in [1.165, 1.54) is 17.9 Å². The minimum atomic E-state index is -0.854. The molecule has 0 saturated carbocycles. The summed E-state index contributed by atoms with van der Waals surface area (Å²) in [6.07, 6.45) is 0.590. The Labute approximate surface area is 136 Å². The first-order chi connectivity index (χ1) is 10.9. The lowest BCUT2D eigenvalue weighted by molar-refractivity contribution is 0.158. The average Bonchev–Trinajstić information content (AvgIpc) is 2.94. The number of aryl methyl sites for hydroxylation is 1. The Balaban J connectivity index is 2.08. The quantitative estimate of drug-likeness (QED) is 0.769. The summed E-state index contributed by atoms with van der Waals surface area (Å²) in [5, 5.41) is 10.9. The van der Waals surface area contributed by atoms with Crippen LogP contribution in [0.25, 0.3) is 11.2 Å². The van der Waals surface area contributed by atoms with Crippen molar-refractivity contribution in [2.75, 3.05) is 0 Å². The third-order valence-corrected chi connectivity index (χ3v) is 4.06. The van der Waals surface area contributed by atoms with Gasteiger partial charge in [-0.3, -0.25) is 13.9 Å². The molecule has 3 aromatic rings. The summed E-state index contributed by atoms with van der Waals surface area (Å²) >= 11 is 5.93. The van der Waals surface area contributed by atoms with Crippen molar-refractivity contribution in [2.24, 2.45) is 14.1 Å². The summed E-state index contributed by atoms with van der Waals surface area (Å²) in [6.45, 7) is 0.129. The van der Waals surface area contributed by atoms with Crippen molar-refractivity contribution in [2.45, 2.75) is 12.6 Å². The number of imidazole rings is 1. The Kier molecular flexibility index (Phi) is 3.83. The molecule has 0 bridgehead atoms. The summed E-state index contributed by atoms with van der Waals surface area (Å²) in [5.41, 5.74) is 0.315. The van der Waals surface area contributed by atoms with E-state index < -0.39 is 17.4 Å². The van der Waals surface area contributed by atoms with Crippen molar-refractivity contribution in [1.82, 2.24) is 18.7 Å². The van der Waals surface area contributed by atoms with Gasteiger partial charge in [-0.2, -0.15) is 0 Å². The van der Waals surface area contributed by atoms with Crippen LogP contribution in [0.1, 0.15) is 11.7 Å². The Hall–Kier alpha value is -2.38. The minimum absolute atomic E-state index is 0.129. The number of nitrogens with zero attached hydrogens (tertiary/aromatic N) is 4. The first-order valence-corrected chi connectivity index (χ1v) is 7.32. The Bertz CT molecular complexity index is 1000. The highest BCUT2D eigenvalue weighted by molar-refractivity contribution is 6.30. The number of hydrogen-bond acceptors (Lipinski definition) is 4. The van der Waals surface area contributed by atoms with Crippen LogP contribution < -0.4 is 11.2 Å². The molecule has 1 aromatic carbocycles. The molecule has 7 nitrogen and oxygen atoms in total. The van der Waals surface area contributed by atoms with Crippen LogP contribution in [0.4, 0.5) is 0 Å². The summed E-state index contributed by atoms with van der Waals surface area (Å²) in [6, 6.07) is 6.88. The molecule has 0 spiro atoms. The molecule has 0 saturated heterocycles. The molecule has 2 aromatic heterocycles. The number of aliphatic hydroxyl groups excluding tert-OH is 1. The number of benzene rings is 1. The van der Waals surface area contributed by atoms with Gasteiger partial charge in [0.05, 0.1) is 19.0 Å². The molecule has 1 N–H and O–H groups in total. The van der Waals surface area contributed by atoms with Gasteiger partial charge in [-0.25, -0.2) is 9.78 Å². The van der Waals surface area contributed by atoms with E-state index in [4.69, 9.17) is 11.6 Å². The third kappa shape index (κ3) is 2.58. The van der Waals surface area contributed by atoms with Gasteiger partial charge in [0.2, 0.25) is 0 Å². The first kappa shape index (κ1) is 15.5. The number of aromatic nitrogens is 4. The van der Waals surface area contributed by atoms with Gasteiger partial charge in [-0.15, -0.1) is 0 Å². The van der Waals surface area contributed by atoms with Gasteiger partial charge in [-0.05, 0) is 17.7 Å². The maximum atomic E-state index is 12.3. The zero-order valence-electron chi connectivity index (χ0n) is 12.6. The van der Waals surface area contributed by atoms with E-state index in [1.54, 1.807) is 35.9 Å². The van der Waals surface area contributed by atoms with Gasteiger partial charge >= 0.3 is 5.69 Å². The molecule has 120 valence electrons. The lowest BCUT2D eigenvalue weighted by Gasteiger charge is -2.13. The second-order valence-electron chi connectivity index (χ2n) is 5.35. The van der Waals surface area contributed by atoms with Gasteiger partial charge in [0.25, 0.3) is 5.56 Å². The maximum absolute atomic E-state index is 12.3. The highest BCUT2D eigenvalue weighted by Gasteiger charge is 2.17. The van der Waals surface area contributed by atoms with E-state index >= 15 is 0 Å². The minimum Gasteiger partial charge on any atom is -0.387 e. The molecule has 0 amide bonds. The molecular weight excluding hydrogens is 320 g/mol. The fourth-order valence-electron chi connectivity index (χ4n) is 2.54. The van der Waals surface area contributed by atoms with E-state index in [1.807, 2.05) is 0 Å². The van der Waals surface area contributed by atoms with Crippen molar-refractivity contribution in [3.63, 3.8) is 0 Å². The topological polar surface area (TPSA) is 82.0 Å². The highest BCUT2D eigenvalue weighted by atomic mass is 35.5. The first-order valence-electron chi connectivity index (χ1n) is 6.94. The van der Waals surface area contributed by atoms with Crippen molar-refractivity contribution in [3.05, 3.63) is 62.0 Å². The van der Waals surface area contributed by atoms with E-state index in [-0.39, 0.29) is 17.7 Å². The van der Waals surface area contributed by atoms with Crippen molar-refractivity contribution in [3.8, 4) is 0 Å². The standard InChI is InChI=1S/C15H15ClN4O3/c1-18-13-12(14(22)19(2)15(18)23)20(8-17-13)7-11(21)9-4-3-5-10(16)6-9/h3-6,8,11,21H,7H2,1-2H3. The predicted molar refractivity (Wildman–Crippen MR) is 86.6 cm³/mol. The Morgan fingerprint density at radius 1 is 1.26 bits per heavy atom. The van der Waals surface area contributed by atoms with Crippen molar-refractivity contribution < 1.29 is 5.11 Å². The normalized spacial score (nSPS) is 12.7. The van der Waals surface area contributed by atoms with Crippen LogP contribution in [-0.2, 0) is 20.6 Å². The predicted octanol–water partition coefficient (Wildman–Crippen LogP) is 0.821. The average molecular weight is 335 g/mol. The molecule has 0 aliphatic rings. The molecule has 2 heterocycles. The summed E-state index contributed by atoms with van der Waals surface area (Å²) < 4.78 is 3.87. The van der Waals surface area contributed by atoms with Crippen LogP contribution in [0.15, 0.2) is 40.2 Å². The van der Waals surface area contributed by atoms with Crippen LogP contribution in [0.2, 0.25) is 5.02 Å². The number of halogens is 1. The van der Waals surface area contributed by atoms with Crippen LogP contribution >= 0.6 is 11.6 Å². The lowest BCUT2D eigenvalue weighted by atomic mass is 10.1. The van der Waals surface area contributed by atoms with Gasteiger partial charge in [0.15, 0.2) is 11.2 Å². The summed E-state index contributed by atoms with van der Waals surface area (Å²) in [5.74, 6) is 0. The van der Waals surface area contributed by atoms with Crippen LogP contribution in [-0.4, -0.2) is 23.8 Å². The smallest absolute Gasteiger partial charge is 0.332 e. The zero-order chi connectivity index (χ0) is 16.7. The fourth-order valence-corrected chi connectivity index (χ4v) is 2.74. The molecule has 0 radical (unpaired) electrons. The SMILES string of the molecule is Cn1c(=O)c2c(ncn2CC(O)c2cccc(Cl)c2)n(C)c1=O. The van der Waals surface area contributed by atoms with Gasteiger partial charge in [-0.1, -0.05) is 23.7 Å². The molecule has 0 aliphatic heterocycles. The van der Waals surface area contributed by atoms with Crippen molar-refractivity contribution in [1.29, 1.82) is 0 Å². The van der Waals surface area contributed by atoms with Crippen LogP contribution in [0, 0.1) is 0 Å². The molecule has 0 aliphatic carbocycles. The molecule has 0 fully saturated rings. The van der Waals surface area contributed by atoms with Crippen LogP contribution in [0.5, 0.6) is 0 Å². The molecule has 1 unspecified atom stereocenters. The fraction of sp³-hybridized carbons (Fsp3) is 0.267. The molecule has 1 atom stereocenters. The molecule has 23 heavy (non-hydrogen) atoms. The Morgan fingerprint density at radius 2 is 2.00 bits per heavy atom. The van der Waals surface area contributed by atoms with E-state index in [9.17, 15) is 14.7 Å². The lowest BCUT2D eigenvalue weighted by Crippen LogP contribution is -2.37. The zero-order valence-corrected chi connectivity index (χ0v) is 13.4. The second kappa shape index (κ2) is 5.68. The van der Waals surface area contributed by atoms with E-state index in [0.29, 0.717) is 10.6 Å². The monoisotopic (exact) mass is 334 g/mol. The third-order valence-electron chi connectivity index (χ3n) is 3.82. The largest absolute Gasteiger partial charge is 0.387 e. The number of aliphatic hydroxyl groups is 1. The Morgan fingerprint density at radius 3 is 2.70 bits per heavy atom. The highest BCUT2D eigenvalue weighted by Crippen LogP contribution is 2.20. The molecular formula is C15H15ClN4O3. The van der Waals surface area contributed by atoms with E-state index in [0.717, 1.165) is 4.57 Å². The maximum Gasteiger partial charge on any atom is 0.332 e. The summed E-state index contributed by atoms with van der Waals surface area (Å²) in [7, 11) is 2.96. The van der Waals surface area contributed by atoms with Gasteiger partial charge in [0, 0.05) is 19.1 Å². The second-order valence-corrected chi connectivity index (χ2v) is 5.78.